The maximum atomic E-state index is 11.5. The average Bonchev–Trinajstić information content (AvgIpc) is 2.38. The SMILES string of the molecule is CCN1CCN(c2ccc(S(C)(=O)=O)cc2N)CC1. The summed E-state index contributed by atoms with van der Waals surface area (Å²) in [6, 6.07) is 5.00. The number of nitrogens with zero attached hydrogens (tertiary/aromatic N) is 2. The maximum absolute atomic E-state index is 11.5. The summed E-state index contributed by atoms with van der Waals surface area (Å²) in [5, 5.41) is 0. The summed E-state index contributed by atoms with van der Waals surface area (Å²) < 4.78 is 23.0. The molecule has 1 aliphatic rings. The Labute approximate surface area is 114 Å². The number of nitrogens with two attached hydrogens (primary N) is 1. The van der Waals surface area contributed by atoms with Crippen molar-refractivity contribution in [2.24, 2.45) is 0 Å². The zero-order valence-electron chi connectivity index (χ0n) is 11.5. The van der Waals surface area contributed by atoms with Gasteiger partial charge in [0.25, 0.3) is 0 Å². The van der Waals surface area contributed by atoms with E-state index < -0.39 is 9.84 Å². The molecule has 0 unspecified atom stereocenters. The second-order valence-corrected chi connectivity index (χ2v) is 6.93. The smallest absolute Gasteiger partial charge is 0.175 e. The molecule has 1 aromatic rings. The van der Waals surface area contributed by atoms with Gasteiger partial charge >= 0.3 is 0 Å². The molecule has 1 aliphatic heterocycles. The first-order valence-electron chi connectivity index (χ1n) is 6.48. The minimum Gasteiger partial charge on any atom is -0.397 e. The molecular formula is C13H21N3O2S. The van der Waals surface area contributed by atoms with Crippen LogP contribution in [0.25, 0.3) is 0 Å². The van der Waals surface area contributed by atoms with Gasteiger partial charge in [-0.15, -0.1) is 0 Å². The van der Waals surface area contributed by atoms with E-state index in [1.54, 1.807) is 12.1 Å². The van der Waals surface area contributed by atoms with Crippen molar-refractivity contribution in [2.45, 2.75) is 11.8 Å². The molecule has 5 nitrogen and oxygen atoms in total. The minimum absolute atomic E-state index is 0.279. The Bertz CT molecular complexity index is 549. The van der Waals surface area contributed by atoms with Crippen molar-refractivity contribution in [1.29, 1.82) is 0 Å². The van der Waals surface area contributed by atoms with Gasteiger partial charge in [0.05, 0.1) is 16.3 Å². The number of rotatable bonds is 3. The second kappa shape index (κ2) is 5.38. The summed E-state index contributed by atoms with van der Waals surface area (Å²) in [6.07, 6.45) is 1.20. The third-order valence-corrected chi connectivity index (χ3v) is 4.70. The first-order chi connectivity index (χ1) is 8.91. The van der Waals surface area contributed by atoms with Crippen LogP contribution in [0.1, 0.15) is 6.92 Å². The third-order valence-electron chi connectivity index (χ3n) is 3.59. The zero-order valence-corrected chi connectivity index (χ0v) is 12.3. The summed E-state index contributed by atoms with van der Waals surface area (Å²) in [6.45, 7) is 7.11. The van der Waals surface area contributed by atoms with Gasteiger partial charge < -0.3 is 15.5 Å². The van der Waals surface area contributed by atoms with Gasteiger partial charge in [0.15, 0.2) is 9.84 Å². The van der Waals surface area contributed by atoms with Crippen LogP contribution in [0.15, 0.2) is 23.1 Å². The largest absolute Gasteiger partial charge is 0.397 e. The molecule has 1 saturated heterocycles. The lowest BCUT2D eigenvalue weighted by molar-refractivity contribution is 0.271. The first-order valence-corrected chi connectivity index (χ1v) is 8.38. The maximum Gasteiger partial charge on any atom is 0.175 e. The highest BCUT2D eigenvalue weighted by atomic mass is 32.2. The minimum atomic E-state index is -3.19. The van der Waals surface area contributed by atoms with Gasteiger partial charge in [-0.05, 0) is 24.7 Å². The quantitative estimate of drug-likeness (QED) is 0.832. The standard InChI is InChI=1S/C13H21N3O2S/c1-3-15-6-8-16(9-7-15)13-5-4-11(10-12(13)14)19(2,17)18/h4-5,10H,3,6-9,14H2,1-2H3. The molecule has 2 N–H and O–H groups in total. The number of anilines is 2. The van der Waals surface area contributed by atoms with Crippen molar-refractivity contribution >= 4 is 21.2 Å². The van der Waals surface area contributed by atoms with Crippen molar-refractivity contribution in [2.75, 3.05) is 49.6 Å². The Kier molecular flexibility index (Phi) is 4.01. The van der Waals surface area contributed by atoms with E-state index >= 15 is 0 Å². The van der Waals surface area contributed by atoms with Crippen molar-refractivity contribution in [3.8, 4) is 0 Å². The second-order valence-electron chi connectivity index (χ2n) is 4.91. The number of nitrogen functional groups attached to an aromatic ring is 1. The number of piperazine rings is 1. The molecule has 2 rings (SSSR count). The number of benzene rings is 1. The number of sulfone groups is 1. The highest BCUT2D eigenvalue weighted by Crippen LogP contribution is 2.27. The third kappa shape index (κ3) is 3.19. The van der Waals surface area contributed by atoms with Crippen LogP contribution < -0.4 is 10.6 Å². The summed E-state index contributed by atoms with van der Waals surface area (Å²) in [4.78, 5) is 4.88. The highest BCUT2D eigenvalue weighted by Gasteiger charge is 2.18. The fourth-order valence-corrected chi connectivity index (χ4v) is 3.01. The van der Waals surface area contributed by atoms with Gasteiger partial charge in [0.2, 0.25) is 0 Å². The van der Waals surface area contributed by atoms with Crippen LogP contribution in [-0.4, -0.2) is 52.3 Å². The van der Waals surface area contributed by atoms with Crippen LogP contribution in [-0.2, 0) is 9.84 Å². The summed E-state index contributed by atoms with van der Waals surface area (Å²) >= 11 is 0. The van der Waals surface area contributed by atoms with Crippen molar-refractivity contribution < 1.29 is 8.42 Å². The van der Waals surface area contributed by atoms with Crippen molar-refractivity contribution in [3.05, 3.63) is 18.2 Å². The fraction of sp³-hybridized carbons (Fsp3) is 0.538. The Hall–Kier alpha value is -1.27. The van der Waals surface area contributed by atoms with Gasteiger partial charge in [0.1, 0.15) is 0 Å². The van der Waals surface area contributed by atoms with Crippen molar-refractivity contribution in [1.82, 2.24) is 4.90 Å². The molecule has 6 heteroatoms. The monoisotopic (exact) mass is 283 g/mol. The molecule has 0 amide bonds. The van der Waals surface area contributed by atoms with E-state index in [4.69, 9.17) is 5.73 Å². The van der Waals surface area contributed by atoms with E-state index in [-0.39, 0.29) is 4.90 Å². The van der Waals surface area contributed by atoms with Gasteiger partial charge in [-0.1, -0.05) is 6.92 Å². The lowest BCUT2D eigenvalue weighted by Crippen LogP contribution is -2.46. The molecule has 0 aromatic heterocycles. The number of hydrogen-bond acceptors (Lipinski definition) is 5. The lowest BCUT2D eigenvalue weighted by Gasteiger charge is -2.36. The average molecular weight is 283 g/mol. The van der Waals surface area contributed by atoms with Crippen LogP contribution in [0, 0.1) is 0 Å². The molecule has 0 spiro atoms. The molecule has 106 valence electrons. The Morgan fingerprint density at radius 1 is 1.21 bits per heavy atom. The molecule has 0 aliphatic carbocycles. The van der Waals surface area contributed by atoms with Crippen LogP contribution in [0.3, 0.4) is 0 Å². The van der Waals surface area contributed by atoms with E-state index in [0.29, 0.717) is 5.69 Å². The molecule has 1 fully saturated rings. The van der Waals surface area contributed by atoms with E-state index in [2.05, 4.69) is 16.7 Å². The van der Waals surface area contributed by atoms with Gasteiger partial charge in [-0.3, -0.25) is 0 Å². The van der Waals surface area contributed by atoms with Gasteiger partial charge in [-0.2, -0.15) is 0 Å². The Morgan fingerprint density at radius 2 is 1.84 bits per heavy atom. The number of hydrogen-bond donors (Lipinski definition) is 1. The summed E-state index contributed by atoms with van der Waals surface area (Å²) in [7, 11) is -3.19. The predicted octanol–water partition coefficient (Wildman–Crippen LogP) is 0.814. The molecule has 1 heterocycles. The predicted molar refractivity (Wildman–Crippen MR) is 78.3 cm³/mol. The Morgan fingerprint density at radius 3 is 2.32 bits per heavy atom. The van der Waals surface area contributed by atoms with Crippen LogP contribution in [0.4, 0.5) is 11.4 Å². The fourth-order valence-electron chi connectivity index (χ4n) is 2.36. The summed E-state index contributed by atoms with van der Waals surface area (Å²) in [5.41, 5.74) is 7.46. The van der Waals surface area contributed by atoms with E-state index in [1.165, 1.54) is 6.26 Å². The molecule has 19 heavy (non-hydrogen) atoms. The van der Waals surface area contributed by atoms with Crippen LogP contribution in [0.5, 0.6) is 0 Å². The molecule has 0 bridgehead atoms. The number of likely N-dealkylation sites (N-methyl/N-ethyl adjacent to an activating group) is 1. The van der Waals surface area contributed by atoms with Gasteiger partial charge in [0, 0.05) is 32.4 Å². The highest BCUT2D eigenvalue weighted by molar-refractivity contribution is 7.90. The first kappa shape index (κ1) is 14.1. The molecule has 0 saturated carbocycles. The molecule has 1 aromatic carbocycles. The molecule has 0 radical (unpaired) electrons. The molecule has 0 atom stereocenters. The zero-order chi connectivity index (χ0) is 14.0. The van der Waals surface area contributed by atoms with Gasteiger partial charge in [-0.25, -0.2) is 8.42 Å². The molecular weight excluding hydrogens is 262 g/mol. The van der Waals surface area contributed by atoms with E-state index in [0.717, 1.165) is 38.4 Å². The summed E-state index contributed by atoms with van der Waals surface area (Å²) in [5.74, 6) is 0. The van der Waals surface area contributed by atoms with Crippen LogP contribution >= 0.6 is 0 Å². The van der Waals surface area contributed by atoms with Crippen LogP contribution in [0.2, 0.25) is 0 Å². The normalized spacial score (nSPS) is 17.7. The lowest BCUT2D eigenvalue weighted by atomic mass is 10.2. The Balaban J connectivity index is 2.18. The van der Waals surface area contributed by atoms with Crippen molar-refractivity contribution in [3.63, 3.8) is 0 Å². The van der Waals surface area contributed by atoms with E-state index in [9.17, 15) is 8.42 Å². The van der Waals surface area contributed by atoms with E-state index in [1.807, 2.05) is 6.07 Å². The topological polar surface area (TPSA) is 66.6 Å².